The lowest BCUT2D eigenvalue weighted by atomic mass is 10.1. The highest BCUT2D eigenvalue weighted by Crippen LogP contribution is 2.07. The first-order chi connectivity index (χ1) is 9.16. The van der Waals surface area contributed by atoms with Crippen molar-refractivity contribution in [3.63, 3.8) is 0 Å². The van der Waals surface area contributed by atoms with Crippen molar-refractivity contribution >= 4 is 11.9 Å². The molecule has 3 amide bonds. The molecule has 6 nitrogen and oxygen atoms in total. The Labute approximate surface area is 112 Å². The maximum atomic E-state index is 12.0. The molecule has 2 N–H and O–H groups in total. The zero-order valence-corrected chi connectivity index (χ0v) is 11.0. The fourth-order valence-electron chi connectivity index (χ4n) is 2.04. The van der Waals surface area contributed by atoms with E-state index in [1.807, 2.05) is 6.07 Å². The molecule has 0 radical (unpaired) electrons. The van der Waals surface area contributed by atoms with E-state index in [4.69, 9.17) is 4.42 Å². The van der Waals surface area contributed by atoms with Crippen molar-refractivity contribution < 1.29 is 14.0 Å². The summed E-state index contributed by atoms with van der Waals surface area (Å²) in [5.41, 5.74) is 0. The molecule has 0 spiro atoms. The van der Waals surface area contributed by atoms with Crippen molar-refractivity contribution in [3.8, 4) is 0 Å². The Morgan fingerprint density at radius 3 is 3.16 bits per heavy atom. The quantitative estimate of drug-likeness (QED) is 0.859. The van der Waals surface area contributed by atoms with Crippen molar-refractivity contribution in [1.29, 1.82) is 0 Å². The summed E-state index contributed by atoms with van der Waals surface area (Å²) in [5.74, 6) is 0.611. The largest absolute Gasteiger partial charge is 0.467 e. The molecule has 0 unspecified atom stereocenters. The molecule has 1 atom stereocenters. The van der Waals surface area contributed by atoms with E-state index >= 15 is 0 Å². The summed E-state index contributed by atoms with van der Waals surface area (Å²) in [4.78, 5) is 25.2. The van der Waals surface area contributed by atoms with Crippen LogP contribution < -0.4 is 10.6 Å². The van der Waals surface area contributed by atoms with E-state index < -0.39 is 6.04 Å². The predicted octanol–water partition coefficient (Wildman–Crippen LogP) is 1.09. The van der Waals surface area contributed by atoms with E-state index in [0.717, 1.165) is 12.8 Å². The predicted molar refractivity (Wildman–Crippen MR) is 69.4 cm³/mol. The number of hydrogen-bond donors (Lipinski definition) is 2. The summed E-state index contributed by atoms with van der Waals surface area (Å²) < 4.78 is 5.18. The van der Waals surface area contributed by atoms with Gasteiger partial charge in [0.2, 0.25) is 5.91 Å². The number of nitrogens with one attached hydrogen (secondary N) is 2. The molecular formula is C13H19N3O3. The third-order valence-corrected chi connectivity index (χ3v) is 3.15. The molecule has 1 fully saturated rings. The summed E-state index contributed by atoms with van der Waals surface area (Å²) >= 11 is 0. The SMILES string of the molecule is CN(Cc1ccco1)C(=O)N[C@H]1CCCCNC1=O. The van der Waals surface area contributed by atoms with Gasteiger partial charge in [0.1, 0.15) is 11.8 Å². The van der Waals surface area contributed by atoms with Crippen LogP contribution in [0.3, 0.4) is 0 Å². The average molecular weight is 265 g/mol. The number of carbonyl (C=O) groups is 2. The number of hydrogen-bond acceptors (Lipinski definition) is 3. The van der Waals surface area contributed by atoms with Crippen molar-refractivity contribution in [1.82, 2.24) is 15.5 Å². The second-order valence-corrected chi connectivity index (χ2v) is 4.72. The van der Waals surface area contributed by atoms with Gasteiger partial charge in [0.25, 0.3) is 0 Å². The average Bonchev–Trinajstić information content (AvgIpc) is 2.81. The molecule has 2 heterocycles. The molecule has 0 saturated carbocycles. The van der Waals surface area contributed by atoms with Gasteiger partial charge in [-0.1, -0.05) is 0 Å². The lowest BCUT2D eigenvalue weighted by Gasteiger charge is -2.21. The van der Waals surface area contributed by atoms with Gasteiger partial charge < -0.3 is 20.0 Å². The number of urea groups is 1. The molecule has 0 aromatic carbocycles. The zero-order chi connectivity index (χ0) is 13.7. The fourth-order valence-corrected chi connectivity index (χ4v) is 2.04. The van der Waals surface area contributed by atoms with E-state index in [2.05, 4.69) is 10.6 Å². The fraction of sp³-hybridized carbons (Fsp3) is 0.538. The number of nitrogens with zero attached hydrogens (tertiary/aromatic N) is 1. The second-order valence-electron chi connectivity index (χ2n) is 4.72. The first kappa shape index (κ1) is 13.5. The van der Waals surface area contributed by atoms with E-state index in [1.54, 1.807) is 19.4 Å². The Kier molecular flexibility index (Phi) is 4.43. The van der Waals surface area contributed by atoms with Crippen LogP contribution in [0.5, 0.6) is 0 Å². The summed E-state index contributed by atoms with van der Waals surface area (Å²) in [7, 11) is 1.67. The van der Waals surface area contributed by atoms with Crippen molar-refractivity contribution in [2.75, 3.05) is 13.6 Å². The maximum Gasteiger partial charge on any atom is 0.318 e. The normalized spacial score (nSPS) is 19.4. The van der Waals surface area contributed by atoms with Gasteiger partial charge in [-0.25, -0.2) is 4.79 Å². The molecule has 1 aromatic heterocycles. The van der Waals surface area contributed by atoms with Gasteiger partial charge in [-0.15, -0.1) is 0 Å². The van der Waals surface area contributed by atoms with Gasteiger partial charge >= 0.3 is 6.03 Å². The Balaban J connectivity index is 1.86. The van der Waals surface area contributed by atoms with Gasteiger partial charge in [0.05, 0.1) is 12.8 Å². The van der Waals surface area contributed by atoms with Crippen molar-refractivity contribution in [2.45, 2.75) is 31.8 Å². The van der Waals surface area contributed by atoms with Crippen molar-refractivity contribution in [3.05, 3.63) is 24.2 Å². The third kappa shape index (κ3) is 3.74. The summed E-state index contributed by atoms with van der Waals surface area (Å²) in [6.07, 6.45) is 4.15. The topological polar surface area (TPSA) is 74.6 Å². The van der Waals surface area contributed by atoms with Crippen LogP contribution >= 0.6 is 0 Å². The van der Waals surface area contributed by atoms with Crippen LogP contribution in [0.4, 0.5) is 4.79 Å². The molecule has 0 bridgehead atoms. The van der Waals surface area contributed by atoms with Gasteiger partial charge in [-0.05, 0) is 31.4 Å². The van der Waals surface area contributed by atoms with Crippen LogP contribution in [0.25, 0.3) is 0 Å². The molecule has 0 aliphatic carbocycles. The molecule has 1 aliphatic rings. The van der Waals surface area contributed by atoms with Crippen LogP contribution in [-0.2, 0) is 11.3 Å². The summed E-state index contributed by atoms with van der Waals surface area (Å²) in [6, 6.07) is 2.88. The first-order valence-electron chi connectivity index (χ1n) is 6.48. The minimum atomic E-state index is -0.436. The monoisotopic (exact) mass is 265 g/mol. The standard InChI is InChI=1S/C13H19N3O3/c1-16(9-10-5-4-8-19-10)13(18)15-11-6-2-3-7-14-12(11)17/h4-5,8,11H,2-3,6-7,9H2,1H3,(H,14,17)(H,15,18)/t11-/m0/s1. The highest BCUT2D eigenvalue weighted by molar-refractivity contribution is 5.87. The van der Waals surface area contributed by atoms with Gasteiger partial charge in [0, 0.05) is 13.6 Å². The van der Waals surface area contributed by atoms with E-state index in [-0.39, 0.29) is 11.9 Å². The minimum Gasteiger partial charge on any atom is -0.467 e. The third-order valence-electron chi connectivity index (χ3n) is 3.15. The lowest BCUT2D eigenvalue weighted by Crippen LogP contribution is -2.49. The summed E-state index contributed by atoms with van der Waals surface area (Å²) in [6.45, 7) is 1.07. The number of amides is 3. The van der Waals surface area contributed by atoms with Crippen LogP contribution in [0.15, 0.2) is 22.8 Å². The second kappa shape index (κ2) is 6.26. The Bertz CT molecular complexity index is 430. The van der Waals surface area contributed by atoms with Crippen LogP contribution in [-0.4, -0.2) is 36.5 Å². The van der Waals surface area contributed by atoms with Crippen LogP contribution in [0.1, 0.15) is 25.0 Å². The van der Waals surface area contributed by atoms with Crippen molar-refractivity contribution in [2.24, 2.45) is 0 Å². The van der Waals surface area contributed by atoms with Gasteiger partial charge in [0.15, 0.2) is 0 Å². The molecule has 1 aromatic rings. The molecule has 1 saturated heterocycles. The highest BCUT2D eigenvalue weighted by atomic mass is 16.3. The van der Waals surface area contributed by atoms with E-state index in [9.17, 15) is 9.59 Å². The number of carbonyl (C=O) groups excluding carboxylic acids is 2. The van der Waals surface area contributed by atoms with E-state index in [0.29, 0.717) is 25.3 Å². The van der Waals surface area contributed by atoms with E-state index in [1.165, 1.54) is 4.90 Å². The summed E-state index contributed by atoms with van der Waals surface area (Å²) in [5, 5.41) is 5.55. The molecular weight excluding hydrogens is 246 g/mol. The lowest BCUT2D eigenvalue weighted by molar-refractivity contribution is -0.122. The van der Waals surface area contributed by atoms with Gasteiger partial charge in [-0.2, -0.15) is 0 Å². The Morgan fingerprint density at radius 1 is 1.58 bits per heavy atom. The molecule has 2 rings (SSSR count). The maximum absolute atomic E-state index is 12.0. The smallest absolute Gasteiger partial charge is 0.318 e. The van der Waals surface area contributed by atoms with Gasteiger partial charge in [-0.3, -0.25) is 4.79 Å². The highest BCUT2D eigenvalue weighted by Gasteiger charge is 2.23. The number of furan rings is 1. The zero-order valence-electron chi connectivity index (χ0n) is 11.0. The Hall–Kier alpha value is -1.98. The van der Waals surface area contributed by atoms with Crippen LogP contribution in [0.2, 0.25) is 0 Å². The first-order valence-corrected chi connectivity index (χ1v) is 6.48. The molecule has 6 heteroatoms. The number of rotatable bonds is 3. The van der Waals surface area contributed by atoms with Crippen LogP contribution in [0, 0.1) is 0 Å². The Morgan fingerprint density at radius 2 is 2.42 bits per heavy atom. The molecule has 19 heavy (non-hydrogen) atoms. The molecule has 1 aliphatic heterocycles. The molecule has 104 valence electrons. The minimum absolute atomic E-state index is 0.0998.